The Morgan fingerprint density at radius 1 is 0.987 bits per heavy atom. The second-order valence-corrected chi connectivity index (χ2v) is 23.2. The first-order valence-electron chi connectivity index (χ1n) is 27.5. The molecule has 7 aromatic rings. The summed E-state index contributed by atoms with van der Waals surface area (Å²) in [7, 11) is 0. The van der Waals surface area contributed by atoms with Crippen molar-refractivity contribution >= 4 is 50.6 Å². The van der Waals surface area contributed by atoms with Crippen LogP contribution in [0.15, 0.2) is 83.0 Å². The van der Waals surface area contributed by atoms with E-state index in [1.165, 1.54) is 4.90 Å². The number of piperazine rings is 1. The van der Waals surface area contributed by atoms with Crippen molar-refractivity contribution in [1.29, 1.82) is 0 Å². The topological polar surface area (TPSA) is 184 Å². The number of benzene rings is 3. The minimum absolute atomic E-state index is 0.0318. The molecule has 2 amide bonds. The summed E-state index contributed by atoms with van der Waals surface area (Å²) in [6.07, 6.45) is 7.63. The second kappa shape index (κ2) is 21.0. The van der Waals surface area contributed by atoms with Gasteiger partial charge in [0.25, 0.3) is 5.88 Å². The first-order chi connectivity index (χ1) is 37.3. The number of hydrogen-bond acceptors (Lipinski definition) is 15. The number of carbonyl (C=O) groups is 2. The summed E-state index contributed by atoms with van der Waals surface area (Å²) in [5.41, 5.74) is 6.83. The molecule has 77 heavy (non-hydrogen) atoms. The highest BCUT2D eigenvalue weighted by Crippen LogP contribution is 2.44. The van der Waals surface area contributed by atoms with Gasteiger partial charge in [-0.05, 0) is 104 Å². The molecular weight excluding hydrogens is 996 g/mol. The van der Waals surface area contributed by atoms with Crippen molar-refractivity contribution in [3.8, 4) is 33.6 Å². The van der Waals surface area contributed by atoms with Crippen molar-refractivity contribution in [1.82, 2.24) is 45.5 Å². The molecule has 16 nitrogen and oxygen atoms in total. The Bertz CT molecular complexity index is 3320. The van der Waals surface area contributed by atoms with Crippen LogP contribution >= 0.6 is 11.3 Å². The molecule has 0 radical (unpaired) electrons. The smallest absolute Gasteiger partial charge is 0.319 e. The Kier molecular flexibility index (Phi) is 13.9. The average molecular weight is 1060 g/mol. The fourth-order valence-corrected chi connectivity index (χ4v) is 14.0. The minimum atomic E-state index is -0.857. The molecule has 0 aliphatic carbocycles. The van der Waals surface area contributed by atoms with E-state index in [1.54, 1.807) is 23.6 Å². The first kappa shape index (κ1) is 51.2. The number of thiazole rings is 1. The Hall–Kier alpha value is -6.60. The second-order valence-electron chi connectivity index (χ2n) is 22.3. The lowest BCUT2D eigenvalue weighted by molar-refractivity contribution is -0.141. The average Bonchev–Trinajstić information content (AvgIpc) is 4.33. The van der Waals surface area contributed by atoms with E-state index in [0.29, 0.717) is 42.3 Å². The number of hydrogen-bond donors (Lipinski definition) is 3. The summed E-state index contributed by atoms with van der Waals surface area (Å²) in [6.45, 7) is 12.9. The van der Waals surface area contributed by atoms with Crippen molar-refractivity contribution in [2.45, 2.75) is 134 Å². The number of fused-ring (bicyclic) bond motifs is 5. The van der Waals surface area contributed by atoms with Crippen LogP contribution in [-0.4, -0.2) is 127 Å². The van der Waals surface area contributed by atoms with Crippen LogP contribution in [0.3, 0.4) is 0 Å². The number of β-amino-alcohol motifs (C(OH)–C–C–N with tert-alkyl or cyclic N) is 1. The van der Waals surface area contributed by atoms with Gasteiger partial charge in [-0.25, -0.2) is 9.37 Å². The van der Waals surface area contributed by atoms with Gasteiger partial charge in [0.1, 0.15) is 42.2 Å². The lowest BCUT2D eigenvalue weighted by atomic mass is 9.91. The number of halogens is 1. The number of aryl methyl sites for hydroxylation is 2. The summed E-state index contributed by atoms with van der Waals surface area (Å²) in [5.74, 6) is -0.845. The standard InChI is InChI=1S/C59H67FN10O6S/c1-6-36-10-7-11-38-12-8-13-44(50(36)38)52-51(60)53-45(26-61-52)55(68-27-40-18-19-41(28-68)64-40)66-58(65-53)75-31-59-21-9-23-70(59)42(20-22-59)30-74-48-25-47(76-67-48)49(33(2)3)57(73)69-29-43(71)24-46(69)56(72)63-34(4)37-14-16-39(17-15-37)54-35(5)62-32-77-54/h7-8,10-17,25-26,32-34,40-43,46,49,64,71H,6,9,18-24,27-31H2,1-5H3,(H,63,72)/t34-,40?,41?,42-,43+,46-,49-,59+/m0/s1. The van der Waals surface area contributed by atoms with E-state index in [4.69, 9.17) is 28.9 Å². The van der Waals surface area contributed by atoms with Gasteiger partial charge in [-0.3, -0.25) is 19.5 Å². The van der Waals surface area contributed by atoms with E-state index < -0.39 is 23.9 Å². The fourth-order valence-electron chi connectivity index (χ4n) is 13.2. The van der Waals surface area contributed by atoms with Crippen LogP contribution in [-0.2, 0) is 16.0 Å². The third kappa shape index (κ3) is 9.69. The normalized spacial score (nSPS) is 24.0. The van der Waals surface area contributed by atoms with E-state index >= 15 is 4.39 Å². The van der Waals surface area contributed by atoms with Crippen LogP contribution in [0.4, 0.5) is 10.2 Å². The summed E-state index contributed by atoms with van der Waals surface area (Å²) < 4.78 is 36.2. The van der Waals surface area contributed by atoms with Crippen molar-refractivity contribution in [3.63, 3.8) is 0 Å². The van der Waals surface area contributed by atoms with Gasteiger partial charge in [0, 0.05) is 62.0 Å². The highest BCUT2D eigenvalue weighted by Gasteiger charge is 2.50. The molecular formula is C59H67FN10O6S. The maximum atomic E-state index is 17.3. The number of amides is 2. The first-order valence-corrected chi connectivity index (χ1v) is 28.4. The molecule has 9 heterocycles. The number of aromatic nitrogens is 5. The summed E-state index contributed by atoms with van der Waals surface area (Å²) in [5, 5.41) is 24.5. The molecule has 8 atom stereocenters. The Labute approximate surface area is 451 Å². The number of ether oxygens (including phenoxy) is 2. The molecule has 0 saturated carbocycles. The number of aliphatic hydroxyl groups excluding tert-OH is 1. The lowest BCUT2D eigenvalue weighted by Crippen LogP contribution is -2.51. The highest BCUT2D eigenvalue weighted by atomic mass is 32.1. The van der Waals surface area contributed by atoms with Crippen molar-refractivity contribution in [3.05, 3.63) is 107 Å². The van der Waals surface area contributed by atoms with Crippen LogP contribution in [0.1, 0.15) is 107 Å². The van der Waals surface area contributed by atoms with Gasteiger partial charge in [-0.1, -0.05) is 81.4 Å². The molecule has 3 N–H and O–H groups in total. The molecule has 5 aliphatic rings. The van der Waals surface area contributed by atoms with Gasteiger partial charge in [0.2, 0.25) is 11.8 Å². The SMILES string of the molecule is CCc1cccc2cccc(-c3ncc4c(N5CC6CCC(C5)N6)nc(OC[C@]56CCCN5[C@H](COc5cc([C@@H](C(=O)N7C[C@H](O)C[C@H]7C(=O)N[C@@H](C)c7ccc(-c8scnc8C)cc7)C(C)C)on5)CC6)nc4c3F)c12. The molecule has 2 unspecified atom stereocenters. The van der Waals surface area contributed by atoms with E-state index in [2.05, 4.69) is 55.7 Å². The number of rotatable bonds is 16. The summed E-state index contributed by atoms with van der Waals surface area (Å²) in [6, 6.07) is 21.6. The molecule has 4 aromatic heterocycles. The predicted octanol–water partition coefficient (Wildman–Crippen LogP) is 8.94. The molecule has 5 fully saturated rings. The van der Waals surface area contributed by atoms with Gasteiger partial charge in [-0.15, -0.1) is 11.3 Å². The molecule has 0 spiro atoms. The van der Waals surface area contributed by atoms with Crippen molar-refractivity contribution in [2.24, 2.45) is 5.92 Å². The quantitative estimate of drug-likeness (QED) is 0.0834. The van der Waals surface area contributed by atoms with E-state index in [1.807, 2.05) is 75.7 Å². The van der Waals surface area contributed by atoms with E-state index in [-0.39, 0.29) is 71.4 Å². The maximum Gasteiger partial charge on any atom is 0.319 e. The Morgan fingerprint density at radius 3 is 2.53 bits per heavy atom. The van der Waals surface area contributed by atoms with Gasteiger partial charge in [0.15, 0.2) is 11.6 Å². The van der Waals surface area contributed by atoms with Crippen molar-refractivity contribution in [2.75, 3.05) is 44.3 Å². The van der Waals surface area contributed by atoms with Crippen LogP contribution in [0.25, 0.3) is 43.4 Å². The number of pyridine rings is 1. The molecule has 3 aromatic carbocycles. The van der Waals surface area contributed by atoms with Gasteiger partial charge in [-0.2, -0.15) is 9.97 Å². The zero-order valence-corrected chi connectivity index (χ0v) is 45.2. The number of nitrogens with one attached hydrogen (secondary N) is 2. The molecule has 18 heteroatoms. The number of aliphatic hydroxyl groups is 1. The molecule has 12 rings (SSSR count). The predicted molar refractivity (Wildman–Crippen MR) is 294 cm³/mol. The van der Waals surface area contributed by atoms with Crippen LogP contribution < -0.4 is 25.0 Å². The van der Waals surface area contributed by atoms with E-state index in [9.17, 15) is 14.7 Å². The van der Waals surface area contributed by atoms with Gasteiger partial charge < -0.3 is 39.5 Å². The third-order valence-corrected chi connectivity index (χ3v) is 18.1. The van der Waals surface area contributed by atoms with Crippen molar-refractivity contribution < 1.29 is 33.1 Å². The Balaban J connectivity index is 0.726. The maximum absolute atomic E-state index is 17.3. The Morgan fingerprint density at radius 2 is 1.78 bits per heavy atom. The zero-order valence-electron chi connectivity index (χ0n) is 44.4. The van der Waals surface area contributed by atoms with Crippen LogP contribution in [0.5, 0.6) is 11.9 Å². The number of likely N-dealkylation sites (tertiary alicyclic amines) is 1. The minimum Gasteiger partial charge on any atom is -0.474 e. The molecule has 402 valence electrons. The fraction of sp³-hybridized carbons (Fsp3) is 0.475. The molecule has 5 saturated heterocycles. The number of anilines is 1. The van der Waals surface area contributed by atoms with Crippen LogP contribution in [0, 0.1) is 18.7 Å². The van der Waals surface area contributed by atoms with Gasteiger partial charge in [0.05, 0.1) is 39.2 Å². The van der Waals surface area contributed by atoms with Crippen LogP contribution in [0.2, 0.25) is 0 Å². The summed E-state index contributed by atoms with van der Waals surface area (Å²) >= 11 is 1.59. The zero-order chi connectivity index (χ0) is 53.1. The van der Waals surface area contributed by atoms with E-state index in [0.717, 1.165) is 108 Å². The lowest BCUT2D eigenvalue weighted by Gasteiger charge is -2.35. The highest BCUT2D eigenvalue weighted by molar-refractivity contribution is 7.13. The third-order valence-electron chi connectivity index (χ3n) is 17.1. The summed E-state index contributed by atoms with van der Waals surface area (Å²) in [4.78, 5) is 54.8. The largest absolute Gasteiger partial charge is 0.474 e. The molecule has 2 bridgehead atoms. The monoisotopic (exact) mass is 1060 g/mol. The number of carbonyl (C=O) groups excluding carboxylic acids is 2. The number of nitrogens with zero attached hydrogens (tertiary/aromatic N) is 8. The molecule has 5 aliphatic heterocycles. The van der Waals surface area contributed by atoms with Gasteiger partial charge >= 0.3 is 6.01 Å².